The standard InChI is InChI=1S/C28H17Cl4N13O10S3/c29-23-36-24(30)39-27(38-23)34-11-2-5-16(56(47,48)49)14(8-11)43-42-13-4-1-10-7-18(58(53,54)55)21(20(33)19(10)22(13)46)45-44-15-9-12(3-6-17(15)57(50,51)52)35-28-40-25(31)37-26(32)41-28/h1-9,46H,33H2,(H,47,48,49)(H,50,51,52)(H,53,54,55)(H,34,36,38,39)(H,35,37,40,41). The first-order valence-electron chi connectivity index (χ1n) is 14.9. The SMILES string of the molecule is Nc1c(N=Nc2cc(Nc3nc(Cl)nc(Cl)n3)ccc2S(=O)(=O)O)c(S(=O)(=O)O)cc2ccc(N=Nc3cc(Nc4nc(Cl)nc(Cl)n4)ccc3S(=O)(=O)O)c(O)c12. The second kappa shape index (κ2) is 16.0. The molecule has 0 atom stereocenters. The van der Waals surface area contributed by atoms with Crippen LogP contribution in [0.25, 0.3) is 10.8 Å². The Balaban J connectivity index is 1.45. The maximum Gasteiger partial charge on any atom is 0.296 e. The van der Waals surface area contributed by atoms with Crippen LogP contribution in [0.3, 0.4) is 0 Å². The molecule has 0 aliphatic rings. The minimum atomic E-state index is -5.17. The van der Waals surface area contributed by atoms with Gasteiger partial charge < -0.3 is 21.5 Å². The van der Waals surface area contributed by atoms with Gasteiger partial charge in [-0.2, -0.15) is 55.2 Å². The van der Waals surface area contributed by atoms with E-state index in [9.17, 15) is 44.0 Å². The van der Waals surface area contributed by atoms with Crippen molar-refractivity contribution in [3.63, 3.8) is 0 Å². The van der Waals surface area contributed by atoms with Crippen molar-refractivity contribution in [1.29, 1.82) is 0 Å². The largest absolute Gasteiger partial charge is 0.505 e. The number of aromatic nitrogens is 6. The molecule has 6 rings (SSSR count). The fraction of sp³-hybridized carbons (Fsp3) is 0. The number of anilines is 5. The lowest BCUT2D eigenvalue weighted by molar-refractivity contribution is 0.480. The molecule has 0 bridgehead atoms. The molecule has 300 valence electrons. The van der Waals surface area contributed by atoms with Gasteiger partial charge in [0.1, 0.15) is 37.4 Å². The Morgan fingerprint density at radius 2 is 0.948 bits per heavy atom. The highest BCUT2D eigenvalue weighted by atomic mass is 35.5. The number of halogens is 4. The lowest BCUT2D eigenvalue weighted by Gasteiger charge is -2.12. The van der Waals surface area contributed by atoms with Crippen molar-refractivity contribution in [1.82, 2.24) is 29.9 Å². The third-order valence-electron chi connectivity index (χ3n) is 7.18. The van der Waals surface area contributed by atoms with Gasteiger partial charge in [0.25, 0.3) is 30.4 Å². The van der Waals surface area contributed by atoms with E-state index >= 15 is 0 Å². The van der Waals surface area contributed by atoms with Gasteiger partial charge in [0.05, 0.1) is 11.1 Å². The van der Waals surface area contributed by atoms with Gasteiger partial charge >= 0.3 is 0 Å². The number of nitrogens with zero attached hydrogens (tertiary/aromatic N) is 10. The highest BCUT2D eigenvalue weighted by Crippen LogP contribution is 2.46. The van der Waals surface area contributed by atoms with Crippen molar-refractivity contribution in [2.45, 2.75) is 14.7 Å². The highest BCUT2D eigenvalue weighted by molar-refractivity contribution is 7.86. The van der Waals surface area contributed by atoms with Gasteiger partial charge in [0.15, 0.2) is 5.75 Å². The second-order valence-corrected chi connectivity index (χ2v) is 16.5. The third-order valence-corrected chi connectivity index (χ3v) is 10.5. The van der Waals surface area contributed by atoms with Crippen LogP contribution < -0.4 is 16.4 Å². The molecule has 0 saturated heterocycles. The van der Waals surface area contributed by atoms with E-state index in [4.69, 9.17) is 52.1 Å². The zero-order valence-corrected chi connectivity index (χ0v) is 33.2. The average Bonchev–Trinajstić information content (AvgIpc) is 3.08. The molecule has 8 N–H and O–H groups in total. The summed E-state index contributed by atoms with van der Waals surface area (Å²) < 4.78 is 104. The molecule has 0 spiro atoms. The van der Waals surface area contributed by atoms with Gasteiger partial charge in [0.2, 0.25) is 33.0 Å². The first-order valence-corrected chi connectivity index (χ1v) is 20.7. The Bertz CT molecular complexity index is 3050. The molecule has 0 saturated carbocycles. The third kappa shape index (κ3) is 9.58. The summed E-state index contributed by atoms with van der Waals surface area (Å²) in [4.78, 5) is 20.0. The van der Waals surface area contributed by atoms with Gasteiger partial charge in [0, 0.05) is 11.4 Å². The normalized spacial score (nSPS) is 12.5. The Morgan fingerprint density at radius 3 is 1.38 bits per heavy atom. The summed E-state index contributed by atoms with van der Waals surface area (Å²) in [6.07, 6.45) is 0. The molecule has 2 heterocycles. The predicted octanol–water partition coefficient (Wildman–Crippen LogP) is 7.17. The van der Waals surface area contributed by atoms with Gasteiger partial charge in [-0.3, -0.25) is 13.7 Å². The van der Waals surface area contributed by atoms with E-state index in [1.807, 2.05) is 0 Å². The molecule has 0 aliphatic heterocycles. The Morgan fingerprint density at radius 1 is 0.534 bits per heavy atom. The molecule has 58 heavy (non-hydrogen) atoms. The number of phenols is 1. The summed E-state index contributed by atoms with van der Waals surface area (Å²) in [5.41, 5.74) is 3.45. The zero-order valence-electron chi connectivity index (χ0n) is 27.7. The number of fused-ring (bicyclic) bond motifs is 1. The molecule has 0 unspecified atom stereocenters. The zero-order chi connectivity index (χ0) is 42.3. The molecule has 23 nitrogen and oxygen atoms in total. The fourth-order valence-corrected chi connectivity index (χ4v) is 7.46. The number of nitrogens with one attached hydrogen (secondary N) is 2. The Hall–Kier alpha value is -5.55. The molecule has 0 amide bonds. The quantitative estimate of drug-likeness (QED) is 0.0384. The highest BCUT2D eigenvalue weighted by Gasteiger charge is 2.25. The maximum atomic E-state index is 12.5. The number of nitrogens with two attached hydrogens (primary N) is 1. The summed E-state index contributed by atoms with van der Waals surface area (Å²) in [7, 11) is -15.1. The second-order valence-electron chi connectivity index (χ2n) is 11.0. The van der Waals surface area contributed by atoms with Gasteiger partial charge in [-0.05, 0) is 100 Å². The number of benzene rings is 4. The van der Waals surface area contributed by atoms with Crippen molar-refractivity contribution in [2.75, 3.05) is 16.4 Å². The van der Waals surface area contributed by atoms with Gasteiger partial charge in [-0.15, -0.1) is 20.5 Å². The summed E-state index contributed by atoms with van der Waals surface area (Å²) in [6, 6.07) is 9.47. The van der Waals surface area contributed by atoms with Crippen LogP contribution in [-0.4, -0.2) is 73.9 Å². The smallest absolute Gasteiger partial charge is 0.296 e. The van der Waals surface area contributed by atoms with Crippen LogP contribution >= 0.6 is 46.4 Å². The minimum Gasteiger partial charge on any atom is -0.505 e. The molecule has 0 radical (unpaired) electrons. The van der Waals surface area contributed by atoms with E-state index in [1.165, 1.54) is 12.1 Å². The topological polar surface area (TPSA) is 360 Å². The van der Waals surface area contributed by atoms with Crippen LogP contribution in [0.1, 0.15) is 0 Å². The Kier molecular flexibility index (Phi) is 11.6. The summed E-state index contributed by atoms with van der Waals surface area (Å²) >= 11 is 23.2. The Labute approximate surface area is 344 Å². The van der Waals surface area contributed by atoms with Crippen molar-refractivity contribution < 1.29 is 44.0 Å². The van der Waals surface area contributed by atoms with Crippen LogP contribution in [0.15, 0.2) is 89.7 Å². The number of rotatable bonds is 11. The summed E-state index contributed by atoms with van der Waals surface area (Å²) in [6.45, 7) is 0. The van der Waals surface area contributed by atoms with Gasteiger partial charge in [-0.1, -0.05) is 6.07 Å². The molecular formula is C28H17Cl4N13O10S3. The number of aromatic hydroxyl groups is 1. The predicted molar refractivity (Wildman–Crippen MR) is 207 cm³/mol. The maximum absolute atomic E-state index is 12.5. The van der Waals surface area contributed by atoms with Gasteiger partial charge in [-0.25, -0.2) is 0 Å². The summed E-state index contributed by atoms with van der Waals surface area (Å²) in [5.74, 6) is -1.13. The lowest BCUT2D eigenvalue weighted by atomic mass is 10.1. The number of hydrogen-bond acceptors (Lipinski definition) is 20. The minimum absolute atomic E-state index is 0.0202. The van der Waals surface area contributed by atoms with E-state index in [2.05, 4.69) is 61.0 Å². The molecule has 6 aromatic rings. The fourth-order valence-electron chi connectivity index (χ4n) is 4.86. The van der Waals surface area contributed by atoms with Crippen LogP contribution in [0.5, 0.6) is 5.75 Å². The monoisotopic (exact) mass is 931 g/mol. The van der Waals surface area contributed by atoms with Crippen molar-refractivity contribution in [3.8, 4) is 5.75 Å². The van der Waals surface area contributed by atoms with E-state index in [0.29, 0.717) is 0 Å². The first kappa shape index (κ1) is 42.1. The van der Waals surface area contributed by atoms with Crippen molar-refractivity contribution >= 4 is 139 Å². The van der Waals surface area contributed by atoms with E-state index < -0.39 is 79.2 Å². The van der Waals surface area contributed by atoms with Crippen LogP contribution in [0, 0.1) is 0 Å². The van der Waals surface area contributed by atoms with Crippen molar-refractivity contribution in [2.24, 2.45) is 20.5 Å². The number of azo groups is 2. The van der Waals surface area contributed by atoms with E-state index in [0.717, 1.165) is 42.5 Å². The van der Waals surface area contributed by atoms with E-state index in [1.54, 1.807) is 0 Å². The lowest BCUT2D eigenvalue weighted by Crippen LogP contribution is -2.02. The molecule has 0 fully saturated rings. The number of hydrogen-bond donors (Lipinski definition) is 7. The summed E-state index contributed by atoms with van der Waals surface area (Å²) in [5, 5.41) is 30.4. The molecule has 30 heteroatoms. The van der Waals surface area contributed by atoms with Crippen LogP contribution in [0.4, 0.5) is 51.7 Å². The number of nitrogen functional groups attached to an aromatic ring is 1. The molecule has 0 aliphatic carbocycles. The molecule has 2 aromatic heterocycles. The van der Waals surface area contributed by atoms with Crippen LogP contribution in [0.2, 0.25) is 21.1 Å². The first-order chi connectivity index (χ1) is 27.1. The van der Waals surface area contributed by atoms with Crippen LogP contribution in [-0.2, 0) is 30.4 Å². The molecular weight excluding hydrogens is 916 g/mol. The average molecular weight is 934 g/mol. The van der Waals surface area contributed by atoms with Crippen molar-refractivity contribution in [3.05, 3.63) is 75.7 Å². The number of phenolic OH excluding ortho intramolecular Hbond substituents is 1. The van der Waals surface area contributed by atoms with E-state index in [-0.39, 0.29) is 55.2 Å². The molecule has 4 aromatic carbocycles.